The molecular weight excluding hydrogens is 284 g/mol. The Morgan fingerprint density at radius 3 is 2.62 bits per heavy atom. The molecule has 0 aliphatic carbocycles. The summed E-state index contributed by atoms with van der Waals surface area (Å²) in [5.41, 5.74) is -0.186. The van der Waals surface area contributed by atoms with Crippen LogP contribution in [0.25, 0.3) is 11.0 Å². The highest BCUT2D eigenvalue weighted by molar-refractivity contribution is 5.82. The number of nitrogens with zero attached hydrogens (tertiary/aromatic N) is 2. The molecular formula is C13H7F2N3O3. The lowest BCUT2D eigenvalue weighted by Gasteiger charge is -2.08. The number of ether oxygens (including phenoxy) is 1. The minimum Gasteiger partial charge on any atom is -0.450 e. The van der Waals surface area contributed by atoms with Crippen molar-refractivity contribution >= 4 is 16.7 Å². The van der Waals surface area contributed by atoms with Gasteiger partial charge in [-0.15, -0.1) is 0 Å². The van der Waals surface area contributed by atoms with Crippen molar-refractivity contribution in [3.8, 4) is 11.5 Å². The highest BCUT2D eigenvalue weighted by atomic mass is 19.1. The van der Waals surface area contributed by atoms with E-state index in [0.717, 1.165) is 0 Å². The molecule has 1 N–H and O–H groups in total. The van der Waals surface area contributed by atoms with E-state index < -0.39 is 28.0 Å². The zero-order valence-corrected chi connectivity index (χ0v) is 10.3. The first-order chi connectivity index (χ1) is 10.1. The minimum atomic E-state index is -1.15. The van der Waals surface area contributed by atoms with Crippen LogP contribution in [0.1, 0.15) is 0 Å². The summed E-state index contributed by atoms with van der Waals surface area (Å²) in [5, 5.41) is 11.1. The maximum absolute atomic E-state index is 13.8. The number of rotatable bonds is 3. The molecule has 21 heavy (non-hydrogen) atoms. The average molecular weight is 291 g/mol. The molecule has 106 valence electrons. The molecule has 0 saturated heterocycles. The number of hydrogen-bond donors (Lipinski definition) is 1. The smallest absolute Gasteiger partial charge is 0.275 e. The van der Waals surface area contributed by atoms with Gasteiger partial charge in [-0.1, -0.05) is 0 Å². The minimum absolute atomic E-state index is 0.188. The molecule has 0 atom stereocenters. The molecule has 2 aromatic heterocycles. The number of fused-ring (bicyclic) bond motifs is 1. The third-order valence-electron chi connectivity index (χ3n) is 2.83. The standard InChI is InChI=1S/C13H7F2N3O3/c14-9-5-7(18(19)20)6-10(15)12(9)21-11-2-4-17-13-8(11)1-3-16-13/h1-6H,(H,16,17). The summed E-state index contributed by atoms with van der Waals surface area (Å²) in [4.78, 5) is 16.5. The van der Waals surface area contributed by atoms with Crippen LogP contribution < -0.4 is 4.74 Å². The first-order valence-corrected chi connectivity index (χ1v) is 5.79. The number of H-pyrrole nitrogens is 1. The highest BCUT2D eigenvalue weighted by Gasteiger charge is 2.19. The van der Waals surface area contributed by atoms with Crippen LogP contribution in [0.15, 0.2) is 36.7 Å². The first kappa shape index (κ1) is 13.0. The number of hydrogen-bond acceptors (Lipinski definition) is 4. The summed E-state index contributed by atoms with van der Waals surface area (Å²) in [5.74, 6) is -2.81. The molecule has 3 rings (SSSR count). The van der Waals surface area contributed by atoms with Gasteiger partial charge < -0.3 is 9.72 Å². The molecule has 6 nitrogen and oxygen atoms in total. The number of benzene rings is 1. The van der Waals surface area contributed by atoms with Crippen molar-refractivity contribution in [2.24, 2.45) is 0 Å². The van der Waals surface area contributed by atoms with Crippen molar-refractivity contribution in [2.75, 3.05) is 0 Å². The topological polar surface area (TPSA) is 81.1 Å². The van der Waals surface area contributed by atoms with E-state index in [1.165, 1.54) is 12.3 Å². The fraction of sp³-hybridized carbons (Fsp3) is 0. The monoisotopic (exact) mass is 291 g/mol. The maximum Gasteiger partial charge on any atom is 0.275 e. The van der Waals surface area contributed by atoms with Gasteiger partial charge in [-0.2, -0.15) is 0 Å². The molecule has 0 unspecified atom stereocenters. The van der Waals surface area contributed by atoms with Gasteiger partial charge in [-0.25, -0.2) is 13.8 Å². The summed E-state index contributed by atoms with van der Waals surface area (Å²) >= 11 is 0. The fourth-order valence-electron chi connectivity index (χ4n) is 1.88. The molecule has 8 heteroatoms. The van der Waals surface area contributed by atoms with Gasteiger partial charge in [-0.3, -0.25) is 10.1 Å². The van der Waals surface area contributed by atoms with Crippen LogP contribution in [0.3, 0.4) is 0 Å². The van der Waals surface area contributed by atoms with Crippen LogP contribution in [-0.4, -0.2) is 14.9 Å². The third-order valence-corrected chi connectivity index (χ3v) is 2.83. The van der Waals surface area contributed by atoms with E-state index in [1.807, 2.05) is 0 Å². The predicted molar refractivity (Wildman–Crippen MR) is 69.2 cm³/mol. The number of pyridine rings is 1. The Bertz CT molecular complexity index is 825. The van der Waals surface area contributed by atoms with Crippen LogP contribution in [0, 0.1) is 21.7 Å². The maximum atomic E-state index is 13.8. The molecule has 0 spiro atoms. The van der Waals surface area contributed by atoms with Crippen molar-refractivity contribution in [2.45, 2.75) is 0 Å². The van der Waals surface area contributed by atoms with Gasteiger partial charge in [0, 0.05) is 12.4 Å². The van der Waals surface area contributed by atoms with Crippen molar-refractivity contribution in [3.63, 3.8) is 0 Å². The van der Waals surface area contributed by atoms with Crippen LogP contribution >= 0.6 is 0 Å². The molecule has 3 aromatic rings. The molecule has 2 heterocycles. The summed E-state index contributed by atoms with van der Waals surface area (Å²) in [6.45, 7) is 0. The number of nitro benzene ring substituents is 1. The van der Waals surface area contributed by atoms with Gasteiger partial charge in [0.2, 0.25) is 0 Å². The number of aromatic nitrogens is 2. The Labute approximate surface area is 116 Å². The molecule has 0 aliphatic rings. The lowest BCUT2D eigenvalue weighted by Crippen LogP contribution is -1.97. The van der Waals surface area contributed by atoms with E-state index >= 15 is 0 Å². The summed E-state index contributed by atoms with van der Waals surface area (Å²) < 4.78 is 32.8. The second-order valence-electron chi connectivity index (χ2n) is 4.15. The largest absolute Gasteiger partial charge is 0.450 e. The van der Waals surface area contributed by atoms with E-state index in [0.29, 0.717) is 23.2 Å². The van der Waals surface area contributed by atoms with Crippen LogP contribution in [0.2, 0.25) is 0 Å². The zero-order valence-electron chi connectivity index (χ0n) is 10.3. The Morgan fingerprint density at radius 2 is 1.95 bits per heavy atom. The van der Waals surface area contributed by atoms with Crippen LogP contribution in [-0.2, 0) is 0 Å². The van der Waals surface area contributed by atoms with Crippen molar-refractivity contribution < 1.29 is 18.4 Å². The number of nitro groups is 1. The van der Waals surface area contributed by atoms with E-state index in [4.69, 9.17) is 4.74 Å². The van der Waals surface area contributed by atoms with Crippen LogP contribution in [0.4, 0.5) is 14.5 Å². The summed E-state index contributed by atoms with van der Waals surface area (Å²) in [6, 6.07) is 4.29. The molecule has 0 bridgehead atoms. The van der Waals surface area contributed by atoms with E-state index in [9.17, 15) is 18.9 Å². The SMILES string of the molecule is O=[N+]([O-])c1cc(F)c(Oc2ccnc3[nH]ccc23)c(F)c1. The Balaban J connectivity index is 2.06. The van der Waals surface area contributed by atoms with Crippen molar-refractivity contribution in [3.05, 3.63) is 58.4 Å². The average Bonchev–Trinajstić information content (AvgIpc) is 2.91. The molecule has 1 aromatic carbocycles. The normalized spacial score (nSPS) is 10.8. The van der Waals surface area contributed by atoms with Gasteiger partial charge in [0.15, 0.2) is 17.4 Å². The molecule has 0 radical (unpaired) electrons. The molecule has 0 amide bonds. The predicted octanol–water partition coefficient (Wildman–Crippen LogP) is 3.54. The Morgan fingerprint density at radius 1 is 1.24 bits per heavy atom. The van der Waals surface area contributed by atoms with Gasteiger partial charge in [0.1, 0.15) is 11.4 Å². The quantitative estimate of drug-likeness (QED) is 0.591. The third kappa shape index (κ3) is 2.27. The second kappa shape index (κ2) is 4.82. The molecule has 0 aliphatic heterocycles. The van der Waals surface area contributed by atoms with Gasteiger partial charge >= 0.3 is 0 Å². The summed E-state index contributed by atoms with van der Waals surface area (Å²) in [6.07, 6.45) is 3.02. The Kier molecular flexibility index (Phi) is 2.98. The number of non-ortho nitro benzene ring substituents is 1. The van der Waals surface area contributed by atoms with E-state index in [1.54, 1.807) is 12.3 Å². The summed E-state index contributed by atoms with van der Waals surface area (Å²) in [7, 11) is 0. The molecule has 0 saturated carbocycles. The molecule has 0 fully saturated rings. The first-order valence-electron chi connectivity index (χ1n) is 5.79. The number of aromatic amines is 1. The lowest BCUT2D eigenvalue weighted by molar-refractivity contribution is -0.385. The van der Waals surface area contributed by atoms with Crippen molar-refractivity contribution in [1.82, 2.24) is 9.97 Å². The zero-order chi connectivity index (χ0) is 15.0. The van der Waals surface area contributed by atoms with Gasteiger partial charge in [0.25, 0.3) is 5.69 Å². The fourth-order valence-corrected chi connectivity index (χ4v) is 1.88. The Hall–Kier alpha value is -3.03. The van der Waals surface area contributed by atoms with Crippen molar-refractivity contribution in [1.29, 1.82) is 0 Å². The van der Waals surface area contributed by atoms with E-state index in [2.05, 4.69) is 9.97 Å². The highest BCUT2D eigenvalue weighted by Crippen LogP contribution is 2.33. The second-order valence-corrected chi connectivity index (χ2v) is 4.15. The van der Waals surface area contributed by atoms with E-state index in [-0.39, 0.29) is 5.75 Å². The van der Waals surface area contributed by atoms with Crippen LogP contribution in [0.5, 0.6) is 11.5 Å². The van der Waals surface area contributed by atoms with Gasteiger partial charge in [-0.05, 0) is 12.1 Å². The lowest BCUT2D eigenvalue weighted by atomic mass is 10.2. The van der Waals surface area contributed by atoms with Gasteiger partial charge in [0.05, 0.1) is 22.4 Å². The number of nitrogens with one attached hydrogen (secondary N) is 1. The number of halogens is 2.